The van der Waals surface area contributed by atoms with Gasteiger partial charge < -0.3 is 20.3 Å². The molecule has 1 aromatic heterocycles. The quantitative estimate of drug-likeness (QED) is 0.325. The van der Waals surface area contributed by atoms with Crippen LogP contribution in [0.2, 0.25) is 5.02 Å². The second kappa shape index (κ2) is 12.3. The largest absolute Gasteiger partial charge is 0.372 e. The first kappa shape index (κ1) is 24.7. The van der Waals surface area contributed by atoms with Crippen LogP contribution in [0.4, 0.5) is 5.82 Å². The molecule has 1 aliphatic rings. The van der Waals surface area contributed by atoms with Gasteiger partial charge >= 0.3 is 0 Å². The number of benzene rings is 1. The molecule has 0 amide bonds. The summed E-state index contributed by atoms with van der Waals surface area (Å²) >= 11 is 6.06. The van der Waals surface area contributed by atoms with Crippen molar-refractivity contribution in [2.24, 2.45) is 4.99 Å². The van der Waals surface area contributed by atoms with Crippen LogP contribution in [0.15, 0.2) is 47.6 Å². The van der Waals surface area contributed by atoms with Gasteiger partial charge in [-0.3, -0.25) is 0 Å². The van der Waals surface area contributed by atoms with Gasteiger partial charge in [-0.1, -0.05) is 29.8 Å². The van der Waals surface area contributed by atoms with Gasteiger partial charge in [0.1, 0.15) is 5.82 Å². The molecular weight excluding hydrogens is 513 g/mol. The molecule has 2 heterocycles. The van der Waals surface area contributed by atoms with Crippen molar-refractivity contribution >= 4 is 47.4 Å². The Morgan fingerprint density at radius 2 is 1.93 bits per heavy atom. The average Bonchev–Trinajstić information content (AvgIpc) is 2.70. The molecule has 6 nitrogen and oxygen atoms in total. The number of ether oxygens (including phenoxy) is 1. The highest BCUT2D eigenvalue weighted by atomic mass is 127. The number of halogens is 2. The maximum atomic E-state index is 6.06. The maximum absolute atomic E-state index is 6.06. The van der Waals surface area contributed by atoms with E-state index in [9.17, 15) is 0 Å². The standard InChI is InChI=1S/C22H30ClN5O.HI/c1-4-24-22(26-11-18-6-5-7-20(23)10-18)27-13-19-8-9-21(25-12-19)28-14-16(2)29-17(3)15-28;/h5-10,12,16-17H,4,11,13-15H2,1-3H3,(H2,24,26,27);1H. The molecule has 2 unspecified atom stereocenters. The highest BCUT2D eigenvalue weighted by Crippen LogP contribution is 2.18. The molecule has 164 valence electrons. The van der Waals surface area contributed by atoms with E-state index >= 15 is 0 Å². The van der Waals surface area contributed by atoms with Gasteiger partial charge in [0.15, 0.2) is 5.96 Å². The molecule has 0 radical (unpaired) electrons. The summed E-state index contributed by atoms with van der Waals surface area (Å²) in [4.78, 5) is 11.6. The van der Waals surface area contributed by atoms with E-state index in [2.05, 4.69) is 58.4 Å². The van der Waals surface area contributed by atoms with E-state index in [1.807, 2.05) is 30.5 Å². The van der Waals surface area contributed by atoms with Crippen molar-refractivity contribution in [1.82, 2.24) is 15.6 Å². The Kier molecular flexibility index (Phi) is 10.1. The number of pyridine rings is 1. The number of hydrogen-bond donors (Lipinski definition) is 2. The topological polar surface area (TPSA) is 61.8 Å². The monoisotopic (exact) mass is 543 g/mol. The van der Waals surface area contributed by atoms with E-state index in [1.165, 1.54) is 0 Å². The van der Waals surface area contributed by atoms with Crippen LogP contribution in [0.25, 0.3) is 0 Å². The fourth-order valence-electron chi connectivity index (χ4n) is 3.41. The van der Waals surface area contributed by atoms with Gasteiger partial charge in [-0.2, -0.15) is 0 Å². The number of nitrogens with one attached hydrogen (secondary N) is 2. The lowest BCUT2D eigenvalue weighted by Gasteiger charge is -2.36. The van der Waals surface area contributed by atoms with Gasteiger partial charge in [0.05, 0.1) is 18.8 Å². The fraction of sp³-hybridized carbons (Fsp3) is 0.455. The first-order valence-corrected chi connectivity index (χ1v) is 10.5. The van der Waals surface area contributed by atoms with Crippen LogP contribution in [0.3, 0.4) is 0 Å². The van der Waals surface area contributed by atoms with Crippen LogP contribution in [0, 0.1) is 0 Å². The molecule has 30 heavy (non-hydrogen) atoms. The SMILES string of the molecule is CCNC(=NCc1ccc(N2CC(C)OC(C)C2)nc1)NCc1cccc(Cl)c1.I. The van der Waals surface area contributed by atoms with Crippen molar-refractivity contribution in [3.05, 3.63) is 58.7 Å². The van der Waals surface area contributed by atoms with Crippen LogP contribution in [-0.2, 0) is 17.8 Å². The molecule has 8 heteroatoms. The molecule has 0 spiro atoms. The second-order valence-corrected chi connectivity index (χ2v) is 7.80. The van der Waals surface area contributed by atoms with Gasteiger partial charge in [0.25, 0.3) is 0 Å². The summed E-state index contributed by atoms with van der Waals surface area (Å²) in [5, 5.41) is 7.36. The van der Waals surface area contributed by atoms with Gasteiger partial charge in [0, 0.05) is 37.4 Å². The van der Waals surface area contributed by atoms with Gasteiger partial charge in [-0.25, -0.2) is 9.98 Å². The molecule has 2 N–H and O–H groups in total. The van der Waals surface area contributed by atoms with Gasteiger partial charge in [0.2, 0.25) is 0 Å². The molecule has 1 saturated heterocycles. The van der Waals surface area contributed by atoms with E-state index in [1.54, 1.807) is 0 Å². The summed E-state index contributed by atoms with van der Waals surface area (Å²) in [7, 11) is 0. The lowest BCUT2D eigenvalue weighted by atomic mass is 10.2. The Hall–Kier alpha value is -1.58. The minimum Gasteiger partial charge on any atom is -0.372 e. The zero-order chi connectivity index (χ0) is 20.6. The third-order valence-electron chi connectivity index (χ3n) is 4.67. The summed E-state index contributed by atoms with van der Waals surface area (Å²) in [6, 6.07) is 12.0. The fourth-order valence-corrected chi connectivity index (χ4v) is 3.62. The Morgan fingerprint density at radius 1 is 1.17 bits per heavy atom. The minimum atomic E-state index is 0. The Balaban J connectivity index is 0.00000320. The summed E-state index contributed by atoms with van der Waals surface area (Å²) in [6.45, 7) is 10.0. The lowest BCUT2D eigenvalue weighted by molar-refractivity contribution is -0.00545. The molecule has 3 rings (SSSR count). The van der Waals surface area contributed by atoms with E-state index < -0.39 is 0 Å². The van der Waals surface area contributed by atoms with Crippen LogP contribution in [0.1, 0.15) is 31.9 Å². The molecule has 1 aromatic carbocycles. The molecule has 0 bridgehead atoms. The summed E-state index contributed by atoms with van der Waals surface area (Å²) in [5.74, 6) is 1.76. The number of morpholine rings is 1. The van der Waals surface area contributed by atoms with E-state index in [0.29, 0.717) is 13.1 Å². The summed E-state index contributed by atoms with van der Waals surface area (Å²) < 4.78 is 5.80. The zero-order valence-corrected chi connectivity index (χ0v) is 20.9. The Morgan fingerprint density at radius 3 is 2.57 bits per heavy atom. The number of anilines is 1. The first-order chi connectivity index (χ1) is 14.0. The number of aliphatic imine (C=N–C) groups is 1. The maximum Gasteiger partial charge on any atom is 0.191 e. The normalized spacial score (nSPS) is 19.2. The predicted octanol–water partition coefficient (Wildman–Crippen LogP) is 4.22. The Labute approximate surface area is 201 Å². The number of rotatable bonds is 6. The van der Waals surface area contributed by atoms with Crippen molar-refractivity contribution in [3.63, 3.8) is 0 Å². The third-order valence-corrected chi connectivity index (χ3v) is 4.90. The van der Waals surface area contributed by atoms with Crippen LogP contribution in [0.5, 0.6) is 0 Å². The predicted molar refractivity (Wildman–Crippen MR) is 135 cm³/mol. The van der Waals surface area contributed by atoms with Crippen molar-refractivity contribution in [2.45, 2.75) is 46.1 Å². The van der Waals surface area contributed by atoms with Crippen LogP contribution >= 0.6 is 35.6 Å². The number of nitrogens with zero attached hydrogens (tertiary/aromatic N) is 3. The van der Waals surface area contributed by atoms with Gasteiger partial charge in [-0.15, -0.1) is 24.0 Å². The third kappa shape index (κ3) is 7.59. The number of hydrogen-bond acceptors (Lipinski definition) is 4. The summed E-state index contributed by atoms with van der Waals surface area (Å²) in [6.07, 6.45) is 2.35. The molecule has 2 aromatic rings. The van der Waals surface area contributed by atoms with Crippen molar-refractivity contribution in [3.8, 4) is 0 Å². The van der Waals surface area contributed by atoms with Crippen molar-refractivity contribution in [2.75, 3.05) is 24.5 Å². The second-order valence-electron chi connectivity index (χ2n) is 7.37. The van der Waals surface area contributed by atoms with E-state index in [0.717, 1.165) is 47.6 Å². The molecular formula is C22H31ClIN5O. The smallest absolute Gasteiger partial charge is 0.191 e. The molecule has 2 atom stereocenters. The van der Waals surface area contributed by atoms with Crippen molar-refractivity contribution in [1.29, 1.82) is 0 Å². The number of guanidine groups is 1. The molecule has 0 saturated carbocycles. The van der Waals surface area contributed by atoms with Crippen molar-refractivity contribution < 1.29 is 4.74 Å². The van der Waals surface area contributed by atoms with Crippen LogP contribution in [-0.4, -0.2) is 42.8 Å². The van der Waals surface area contributed by atoms with Gasteiger partial charge in [-0.05, 0) is 50.1 Å². The molecule has 0 aliphatic carbocycles. The van der Waals surface area contributed by atoms with Crippen LogP contribution < -0.4 is 15.5 Å². The molecule has 1 fully saturated rings. The minimum absolute atomic E-state index is 0. The van der Waals surface area contributed by atoms with E-state index in [4.69, 9.17) is 16.3 Å². The number of aromatic nitrogens is 1. The lowest BCUT2D eigenvalue weighted by Crippen LogP contribution is -2.45. The highest BCUT2D eigenvalue weighted by Gasteiger charge is 2.22. The first-order valence-electron chi connectivity index (χ1n) is 10.2. The highest BCUT2D eigenvalue weighted by molar-refractivity contribution is 14.0. The average molecular weight is 544 g/mol. The molecule has 1 aliphatic heterocycles. The Bertz CT molecular complexity index is 807. The zero-order valence-electron chi connectivity index (χ0n) is 17.8. The summed E-state index contributed by atoms with van der Waals surface area (Å²) in [5.41, 5.74) is 2.19. The van der Waals surface area contributed by atoms with E-state index in [-0.39, 0.29) is 36.2 Å².